The minimum atomic E-state index is 0.211. The van der Waals surface area contributed by atoms with Gasteiger partial charge < -0.3 is 15.0 Å². The van der Waals surface area contributed by atoms with Gasteiger partial charge in [-0.05, 0) is 43.9 Å². The minimum Gasteiger partial charge on any atom is -0.381 e. The van der Waals surface area contributed by atoms with Crippen molar-refractivity contribution in [3.05, 3.63) is 34.9 Å². The quantitative estimate of drug-likeness (QED) is 0.632. The van der Waals surface area contributed by atoms with Crippen molar-refractivity contribution in [3.8, 4) is 0 Å². The van der Waals surface area contributed by atoms with Gasteiger partial charge in [-0.3, -0.25) is 4.99 Å². The first-order chi connectivity index (χ1) is 11.6. The maximum Gasteiger partial charge on any atom is 0.193 e. The molecule has 1 N–H and O–H groups in total. The molecule has 2 aliphatic rings. The van der Waals surface area contributed by atoms with E-state index in [0.29, 0.717) is 5.92 Å². The summed E-state index contributed by atoms with van der Waals surface area (Å²) >= 11 is 6.02. The Morgan fingerprint density at radius 2 is 2.12 bits per heavy atom. The van der Waals surface area contributed by atoms with Gasteiger partial charge in [-0.2, -0.15) is 0 Å². The van der Waals surface area contributed by atoms with Gasteiger partial charge in [0.2, 0.25) is 0 Å². The highest BCUT2D eigenvalue weighted by atomic mass is 35.5. The predicted molar refractivity (Wildman–Crippen MR) is 99.9 cm³/mol. The summed E-state index contributed by atoms with van der Waals surface area (Å²) in [5.74, 6) is 1.62. The number of hydrogen-bond donors (Lipinski definition) is 1. The van der Waals surface area contributed by atoms with Crippen LogP contribution in [-0.2, 0) is 10.2 Å². The molecule has 1 aromatic rings. The second-order valence-corrected chi connectivity index (χ2v) is 7.50. The molecule has 5 heteroatoms. The van der Waals surface area contributed by atoms with Gasteiger partial charge in [0, 0.05) is 43.1 Å². The molecule has 1 aromatic carbocycles. The maximum absolute atomic E-state index is 6.02. The van der Waals surface area contributed by atoms with Crippen molar-refractivity contribution in [2.24, 2.45) is 10.9 Å². The lowest BCUT2D eigenvalue weighted by Gasteiger charge is -2.25. The van der Waals surface area contributed by atoms with Gasteiger partial charge in [0.05, 0.1) is 13.2 Å². The standard InChI is InChI=1S/C19H28ClN3O/c1-3-21-18(23(2)12-15-8-11-24-13-15)22-14-19(9-10-19)16-4-6-17(20)7-5-16/h4-7,15H,3,8-14H2,1-2H3,(H,21,22). The van der Waals surface area contributed by atoms with E-state index in [0.717, 1.165) is 50.3 Å². The first kappa shape index (κ1) is 17.6. The molecule has 1 saturated carbocycles. The van der Waals surface area contributed by atoms with E-state index in [9.17, 15) is 0 Å². The first-order valence-corrected chi connectivity index (χ1v) is 9.34. The van der Waals surface area contributed by atoms with Gasteiger partial charge in [0.25, 0.3) is 0 Å². The fraction of sp³-hybridized carbons (Fsp3) is 0.632. The zero-order valence-corrected chi connectivity index (χ0v) is 15.5. The van der Waals surface area contributed by atoms with Crippen LogP contribution in [0.5, 0.6) is 0 Å². The lowest BCUT2D eigenvalue weighted by molar-refractivity contribution is 0.181. The predicted octanol–water partition coefficient (Wildman–Crippen LogP) is 3.31. The molecule has 1 saturated heterocycles. The fourth-order valence-electron chi connectivity index (χ4n) is 3.39. The van der Waals surface area contributed by atoms with Crippen LogP contribution in [0.3, 0.4) is 0 Å². The van der Waals surface area contributed by atoms with Crippen LogP contribution in [0.15, 0.2) is 29.3 Å². The van der Waals surface area contributed by atoms with E-state index in [1.165, 1.54) is 18.4 Å². The van der Waals surface area contributed by atoms with Crippen LogP contribution in [0.1, 0.15) is 31.7 Å². The monoisotopic (exact) mass is 349 g/mol. The van der Waals surface area contributed by atoms with Crippen LogP contribution in [-0.4, -0.2) is 50.8 Å². The Morgan fingerprint density at radius 1 is 1.38 bits per heavy atom. The summed E-state index contributed by atoms with van der Waals surface area (Å²) in [4.78, 5) is 7.20. The first-order valence-electron chi connectivity index (χ1n) is 8.96. The van der Waals surface area contributed by atoms with E-state index >= 15 is 0 Å². The second-order valence-electron chi connectivity index (χ2n) is 7.07. The summed E-state index contributed by atoms with van der Waals surface area (Å²) in [6, 6.07) is 8.27. The summed E-state index contributed by atoms with van der Waals surface area (Å²) in [6.07, 6.45) is 3.56. The smallest absolute Gasteiger partial charge is 0.193 e. The van der Waals surface area contributed by atoms with E-state index < -0.39 is 0 Å². The fourth-order valence-corrected chi connectivity index (χ4v) is 3.52. The third-order valence-corrected chi connectivity index (χ3v) is 5.35. The number of rotatable bonds is 6. The van der Waals surface area contributed by atoms with Crippen molar-refractivity contribution < 1.29 is 4.74 Å². The summed E-state index contributed by atoms with van der Waals surface area (Å²) in [6.45, 7) is 6.61. The summed E-state index contributed by atoms with van der Waals surface area (Å²) in [5.41, 5.74) is 1.57. The van der Waals surface area contributed by atoms with Gasteiger partial charge >= 0.3 is 0 Å². The zero-order chi connectivity index (χ0) is 17.0. The molecule has 0 radical (unpaired) electrons. The summed E-state index contributed by atoms with van der Waals surface area (Å²) in [5, 5.41) is 4.23. The van der Waals surface area contributed by atoms with Gasteiger partial charge in [0.1, 0.15) is 0 Å². The molecule has 1 heterocycles. The van der Waals surface area contributed by atoms with Crippen LogP contribution in [0.2, 0.25) is 5.02 Å². The molecule has 1 aliphatic heterocycles. The van der Waals surface area contributed by atoms with Gasteiger partial charge in [-0.15, -0.1) is 0 Å². The largest absolute Gasteiger partial charge is 0.381 e. The second kappa shape index (κ2) is 7.75. The third kappa shape index (κ3) is 4.22. The molecular formula is C19H28ClN3O. The molecule has 3 rings (SSSR count). The molecule has 24 heavy (non-hydrogen) atoms. The molecule has 0 aromatic heterocycles. The van der Waals surface area contributed by atoms with Gasteiger partial charge in [-0.25, -0.2) is 0 Å². The van der Waals surface area contributed by atoms with E-state index in [1.807, 2.05) is 12.1 Å². The number of ether oxygens (including phenoxy) is 1. The molecule has 1 atom stereocenters. The number of halogens is 1. The van der Waals surface area contributed by atoms with Crippen molar-refractivity contribution in [1.29, 1.82) is 0 Å². The number of nitrogens with one attached hydrogen (secondary N) is 1. The number of aliphatic imine (C=N–C) groups is 1. The third-order valence-electron chi connectivity index (χ3n) is 5.09. The minimum absolute atomic E-state index is 0.211. The van der Waals surface area contributed by atoms with Crippen LogP contribution in [0.4, 0.5) is 0 Å². The molecular weight excluding hydrogens is 322 g/mol. The highest BCUT2D eigenvalue weighted by Crippen LogP contribution is 2.48. The maximum atomic E-state index is 6.02. The lowest BCUT2D eigenvalue weighted by atomic mass is 9.96. The zero-order valence-electron chi connectivity index (χ0n) is 14.7. The molecule has 0 bridgehead atoms. The molecule has 0 amide bonds. The normalized spacial score (nSPS) is 22.5. The lowest BCUT2D eigenvalue weighted by Crippen LogP contribution is -2.42. The van der Waals surface area contributed by atoms with Crippen LogP contribution >= 0.6 is 11.6 Å². The summed E-state index contributed by atoms with van der Waals surface area (Å²) < 4.78 is 5.49. The average molecular weight is 350 g/mol. The Labute approximate surface area is 150 Å². The number of guanidine groups is 1. The van der Waals surface area contributed by atoms with Crippen molar-refractivity contribution in [2.45, 2.75) is 31.6 Å². The highest BCUT2D eigenvalue weighted by molar-refractivity contribution is 6.30. The van der Waals surface area contributed by atoms with E-state index in [4.69, 9.17) is 21.3 Å². The molecule has 1 aliphatic carbocycles. The van der Waals surface area contributed by atoms with Crippen LogP contribution in [0.25, 0.3) is 0 Å². The number of hydrogen-bond acceptors (Lipinski definition) is 2. The molecule has 1 unspecified atom stereocenters. The van der Waals surface area contributed by atoms with Gasteiger partial charge in [0.15, 0.2) is 5.96 Å². The number of nitrogens with zero attached hydrogens (tertiary/aromatic N) is 2. The number of benzene rings is 1. The van der Waals surface area contributed by atoms with Crippen molar-refractivity contribution in [1.82, 2.24) is 10.2 Å². The van der Waals surface area contributed by atoms with E-state index in [-0.39, 0.29) is 5.41 Å². The van der Waals surface area contributed by atoms with Crippen molar-refractivity contribution >= 4 is 17.6 Å². The Morgan fingerprint density at radius 3 is 2.71 bits per heavy atom. The molecule has 2 fully saturated rings. The van der Waals surface area contributed by atoms with E-state index in [1.54, 1.807) is 0 Å². The summed E-state index contributed by atoms with van der Waals surface area (Å²) in [7, 11) is 2.13. The van der Waals surface area contributed by atoms with Crippen LogP contribution in [0, 0.1) is 5.92 Å². The highest BCUT2D eigenvalue weighted by Gasteiger charge is 2.44. The van der Waals surface area contributed by atoms with Crippen LogP contribution < -0.4 is 5.32 Å². The topological polar surface area (TPSA) is 36.9 Å². The van der Waals surface area contributed by atoms with E-state index in [2.05, 4.69) is 36.3 Å². The molecule has 132 valence electrons. The Balaban J connectivity index is 1.65. The van der Waals surface area contributed by atoms with Crippen molar-refractivity contribution in [2.75, 3.05) is 39.9 Å². The Hall–Kier alpha value is -1.26. The average Bonchev–Trinajstić information content (AvgIpc) is 3.20. The Kier molecular flexibility index (Phi) is 5.67. The van der Waals surface area contributed by atoms with Gasteiger partial charge in [-0.1, -0.05) is 23.7 Å². The van der Waals surface area contributed by atoms with Crippen molar-refractivity contribution in [3.63, 3.8) is 0 Å². The molecule has 0 spiro atoms. The molecule has 4 nitrogen and oxygen atoms in total. The SMILES string of the molecule is CCNC(=NCC1(c2ccc(Cl)cc2)CC1)N(C)CC1CCOC1. The Bertz CT molecular complexity index is 562.